The Labute approximate surface area is 189 Å². The molecule has 0 aromatic heterocycles. The molecule has 0 N–H and O–H groups in total. The van der Waals surface area contributed by atoms with E-state index in [2.05, 4.69) is 0 Å². The molecule has 8 heteroatoms. The Morgan fingerprint density at radius 2 is 1.61 bits per heavy atom. The molecule has 7 nitrogen and oxygen atoms in total. The van der Waals surface area contributed by atoms with Crippen LogP contribution in [0.2, 0.25) is 0 Å². The first-order valence-electron chi connectivity index (χ1n) is 10.1. The standard InChI is InChI=1S/C25H21FN2O5/c1-27(17-6-4-5-15(26)13-17)24(30)22-23(29)20-12-11-19(33-3)14-21(20)28(25(22)31)16-7-9-18(32-2)10-8-16/h4-14,22H,1-3H3. The minimum atomic E-state index is -1.62. The number of fused-ring (bicyclic) bond motifs is 1. The maximum absolute atomic E-state index is 13.7. The highest BCUT2D eigenvalue weighted by Crippen LogP contribution is 2.39. The van der Waals surface area contributed by atoms with Gasteiger partial charge < -0.3 is 14.4 Å². The van der Waals surface area contributed by atoms with E-state index < -0.39 is 29.3 Å². The number of hydrogen-bond acceptors (Lipinski definition) is 5. The van der Waals surface area contributed by atoms with E-state index in [0.717, 1.165) is 11.0 Å². The summed E-state index contributed by atoms with van der Waals surface area (Å²) in [5.74, 6) is -3.21. The molecule has 0 aliphatic carbocycles. The Balaban J connectivity index is 1.81. The van der Waals surface area contributed by atoms with E-state index in [1.165, 1.54) is 50.4 Å². The monoisotopic (exact) mass is 448 g/mol. The van der Waals surface area contributed by atoms with Gasteiger partial charge in [0.15, 0.2) is 11.7 Å². The van der Waals surface area contributed by atoms with Crippen LogP contribution in [0.1, 0.15) is 10.4 Å². The van der Waals surface area contributed by atoms with Crippen LogP contribution in [0.5, 0.6) is 11.5 Å². The van der Waals surface area contributed by atoms with Crippen molar-refractivity contribution in [2.45, 2.75) is 0 Å². The second kappa shape index (κ2) is 8.74. The smallest absolute Gasteiger partial charge is 0.252 e. The quantitative estimate of drug-likeness (QED) is 0.552. The van der Waals surface area contributed by atoms with Crippen LogP contribution in [0, 0.1) is 11.7 Å². The van der Waals surface area contributed by atoms with Gasteiger partial charge in [-0.1, -0.05) is 6.07 Å². The summed E-state index contributed by atoms with van der Waals surface area (Å²) in [5.41, 5.74) is 1.20. The molecular weight excluding hydrogens is 427 g/mol. The topological polar surface area (TPSA) is 76.2 Å². The van der Waals surface area contributed by atoms with Gasteiger partial charge in [0.25, 0.3) is 5.91 Å². The first kappa shape index (κ1) is 22.0. The molecule has 4 rings (SSSR count). The van der Waals surface area contributed by atoms with E-state index in [4.69, 9.17) is 9.47 Å². The van der Waals surface area contributed by atoms with E-state index in [-0.39, 0.29) is 11.3 Å². The van der Waals surface area contributed by atoms with E-state index in [0.29, 0.717) is 22.9 Å². The van der Waals surface area contributed by atoms with Crippen molar-refractivity contribution in [2.75, 3.05) is 31.1 Å². The van der Waals surface area contributed by atoms with Crippen molar-refractivity contribution in [3.8, 4) is 11.5 Å². The minimum Gasteiger partial charge on any atom is -0.497 e. The molecule has 1 unspecified atom stereocenters. The summed E-state index contributed by atoms with van der Waals surface area (Å²) >= 11 is 0. The van der Waals surface area contributed by atoms with Crippen molar-refractivity contribution < 1.29 is 28.2 Å². The zero-order valence-electron chi connectivity index (χ0n) is 18.2. The number of rotatable bonds is 5. The zero-order valence-corrected chi connectivity index (χ0v) is 18.2. The molecule has 1 aliphatic rings. The third kappa shape index (κ3) is 3.91. The number of ketones is 1. The van der Waals surface area contributed by atoms with Gasteiger partial charge in [0, 0.05) is 30.1 Å². The normalized spacial score (nSPS) is 15.2. The second-order valence-corrected chi connectivity index (χ2v) is 7.43. The van der Waals surface area contributed by atoms with Crippen LogP contribution in [0.4, 0.5) is 21.5 Å². The van der Waals surface area contributed by atoms with Gasteiger partial charge in [0.05, 0.1) is 19.9 Å². The predicted octanol–water partition coefficient (Wildman–Crippen LogP) is 3.98. The molecule has 3 aromatic rings. The number of methoxy groups -OCH3 is 2. The summed E-state index contributed by atoms with van der Waals surface area (Å²) in [4.78, 5) is 42.7. The van der Waals surface area contributed by atoms with Gasteiger partial charge in [0.2, 0.25) is 5.91 Å². The number of carbonyl (C=O) groups is 3. The van der Waals surface area contributed by atoms with Gasteiger partial charge >= 0.3 is 0 Å². The summed E-state index contributed by atoms with van der Waals surface area (Å²) in [5, 5.41) is 0. The van der Waals surface area contributed by atoms with Crippen molar-refractivity contribution in [3.63, 3.8) is 0 Å². The van der Waals surface area contributed by atoms with Gasteiger partial charge in [-0.05, 0) is 54.6 Å². The molecule has 0 saturated carbocycles. The number of Topliss-reactive ketones (excluding diaryl/α,β-unsaturated/α-hetero) is 1. The van der Waals surface area contributed by atoms with Crippen LogP contribution in [-0.4, -0.2) is 38.9 Å². The van der Waals surface area contributed by atoms with Crippen molar-refractivity contribution in [1.82, 2.24) is 0 Å². The highest BCUT2D eigenvalue weighted by molar-refractivity contribution is 6.34. The van der Waals surface area contributed by atoms with Crippen molar-refractivity contribution >= 4 is 34.7 Å². The largest absolute Gasteiger partial charge is 0.497 e. The van der Waals surface area contributed by atoms with Crippen LogP contribution >= 0.6 is 0 Å². The van der Waals surface area contributed by atoms with E-state index in [9.17, 15) is 18.8 Å². The second-order valence-electron chi connectivity index (χ2n) is 7.43. The summed E-state index contributed by atoms with van der Waals surface area (Å²) in [6, 6.07) is 16.8. The number of nitrogens with zero attached hydrogens (tertiary/aromatic N) is 2. The van der Waals surface area contributed by atoms with Crippen LogP contribution < -0.4 is 19.3 Å². The van der Waals surface area contributed by atoms with Gasteiger partial charge in [-0.25, -0.2) is 4.39 Å². The molecule has 168 valence electrons. The molecule has 1 atom stereocenters. The van der Waals surface area contributed by atoms with Crippen LogP contribution in [0.3, 0.4) is 0 Å². The summed E-state index contributed by atoms with van der Waals surface area (Å²) in [6.07, 6.45) is 0. The first-order chi connectivity index (χ1) is 15.8. The maximum atomic E-state index is 13.7. The van der Waals surface area contributed by atoms with Crippen LogP contribution in [0.25, 0.3) is 0 Å². The van der Waals surface area contributed by atoms with Crippen LogP contribution in [-0.2, 0) is 9.59 Å². The van der Waals surface area contributed by atoms with Gasteiger partial charge in [0.1, 0.15) is 17.3 Å². The fourth-order valence-electron chi connectivity index (χ4n) is 3.77. The highest BCUT2D eigenvalue weighted by atomic mass is 19.1. The van der Waals surface area contributed by atoms with Crippen LogP contribution in [0.15, 0.2) is 66.7 Å². The minimum absolute atomic E-state index is 0.206. The molecular formula is C25H21FN2O5. The highest BCUT2D eigenvalue weighted by Gasteiger charge is 2.46. The molecule has 0 bridgehead atoms. The van der Waals surface area contributed by atoms with Gasteiger partial charge in [-0.3, -0.25) is 19.3 Å². The van der Waals surface area contributed by atoms with E-state index in [1.807, 2.05) is 0 Å². The predicted molar refractivity (Wildman–Crippen MR) is 121 cm³/mol. The average Bonchev–Trinajstić information content (AvgIpc) is 2.83. The lowest BCUT2D eigenvalue weighted by Gasteiger charge is -2.34. The third-order valence-corrected chi connectivity index (χ3v) is 5.54. The summed E-state index contributed by atoms with van der Waals surface area (Å²) in [7, 11) is 4.40. The Hall–Kier alpha value is -4.20. The number of anilines is 3. The lowest BCUT2D eigenvalue weighted by Crippen LogP contribution is -2.50. The molecule has 2 amide bonds. The number of hydrogen-bond donors (Lipinski definition) is 0. The van der Waals surface area contributed by atoms with Gasteiger partial charge in [-0.2, -0.15) is 0 Å². The number of halogens is 1. The molecule has 3 aromatic carbocycles. The molecule has 1 aliphatic heterocycles. The first-order valence-corrected chi connectivity index (χ1v) is 10.1. The Kier molecular flexibility index (Phi) is 5.83. The van der Waals surface area contributed by atoms with Gasteiger partial charge in [-0.15, -0.1) is 0 Å². The van der Waals surface area contributed by atoms with E-state index in [1.54, 1.807) is 36.4 Å². The van der Waals surface area contributed by atoms with E-state index >= 15 is 0 Å². The number of amides is 2. The zero-order chi connectivity index (χ0) is 23.7. The number of benzene rings is 3. The molecule has 0 spiro atoms. The molecule has 0 saturated heterocycles. The Morgan fingerprint density at radius 3 is 2.24 bits per heavy atom. The average molecular weight is 448 g/mol. The Morgan fingerprint density at radius 1 is 0.939 bits per heavy atom. The van der Waals surface area contributed by atoms with Crippen molar-refractivity contribution in [2.24, 2.45) is 5.92 Å². The molecule has 33 heavy (non-hydrogen) atoms. The summed E-state index contributed by atoms with van der Waals surface area (Å²) in [6.45, 7) is 0. The van der Waals surface area contributed by atoms with Crippen molar-refractivity contribution in [3.05, 3.63) is 78.1 Å². The number of carbonyl (C=O) groups excluding carboxylic acids is 3. The fraction of sp³-hybridized carbons (Fsp3) is 0.160. The lowest BCUT2D eigenvalue weighted by molar-refractivity contribution is -0.129. The number of ether oxygens (including phenoxy) is 2. The molecule has 1 heterocycles. The Bertz CT molecular complexity index is 1240. The SMILES string of the molecule is COc1ccc(N2C(=O)C(C(=O)N(C)c3cccc(F)c3)C(=O)c3ccc(OC)cc32)cc1. The third-order valence-electron chi connectivity index (χ3n) is 5.54. The maximum Gasteiger partial charge on any atom is 0.252 e. The molecule has 0 radical (unpaired) electrons. The molecule has 0 fully saturated rings. The fourth-order valence-corrected chi connectivity index (χ4v) is 3.77. The lowest BCUT2D eigenvalue weighted by atomic mass is 9.88. The van der Waals surface area contributed by atoms with Crippen molar-refractivity contribution in [1.29, 1.82) is 0 Å². The summed E-state index contributed by atoms with van der Waals surface area (Å²) < 4.78 is 24.2.